The quantitative estimate of drug-likeness (QED) is 0.736. The molecule has 0 bridgehead atoms. The number of fused-ring (bicyclic) bond motifs is 1. The third-order valence-corrected chi connectivity index (χ3v) is 3.60. The number of phenols is 1. The minimum absolute atomic E-state index is 0.302. The van der Waals surface area contributed by atoms with Gasteiger partial charge in [0, 0.05) is 28.2 Å². The second-order valence-corrected chi connectivity index (χ2v) is 5.18. The summed E-state index contributed by atoms with van der Waals surface area (Å²) in [7, 11) is 0. The summed E-state index contributed by atoms with van der Waals surface area (Å²) in [5, 5.41) is 11.3. The molecule has 0 aliphatic heterocycles. The van der Waals surface area contributed by atoms with Crippen LogP contribution < -0.4 is 0 Å². The van der Waals surface area contributed by atoms with Gasteiger partial charge in [-0.25, -0.2) is 0 Å². The third kappa shape index (κ3) is 2.32. The van der Waals surface area contributed by atoms with Crippen molar-refractivity contribution < 1.29 is 5.11 Å². The number of phenolic OH excluding ortho intramolecular Hbond substituents is 1. The van der Waals surface area contributed by atoms with E-state index in [4.69, 9.17) is 11.6 Å². The first-order chi connectivity index (χ1) is 9.13. The fraction of sp³-hybridized carbons (Fsp3) is 0.125. The highest BCUT2D eigenvalue weighted by Crippen LogP contribution is 2.24. The second kappa shape index (κ2) is 4.63. The van der Waals surface area contributed by atoms with Gasteiger partial charge in [-0.2, -0.15) is 0 Å². The van der Waals surface area contributed by atoms with Crippen molar-refractivity contribution in [3.63, 3.8) is 0 Å². The number of aromatic hydroxyl groups is 1. The maximum atomic E-state index is 9.53. The minimum atomic E-state index is 0.302. The Morgan fingerprint density at radius 1 is 1.05 bits per heavy atom. The molecule has 0 saturated carbocycles. The summed E-state index contributed by atoms with van der Waals surface area (Å²) in [6.07, 6.45) is 0. The van der Waals surface area contributed by atoms with Gasteiger partial charge in [-0.3, -0.25) is 0 Å². The Morgan fingerprint density at radius 3 is 2.53 bits per heavy atom. The molecule has 3 aromatic rings. The van der Waals surface area contributed by atoms with Gasteiger partial charge in [0.2, 0.25) is 0 Å². The number of aromatic nitrogens is 1. The highest BCUT2D eigenvalue weighted by atomic mass is 35.5. The molecule has 0 radical (unpaired) electrons. The molecule has 0 saturated heterocycles. The van der Waals surface area contributed by atoms with E-state index in [-0.39, 0.29) is 0 Å². The van der Waals surface area contributed by atoms with Gasteiger partial charge in [0.25, 0.3) is 0 Å². The van der Waals surface area contributed by atoms with Crippen LogP contribution in [-0.2, 0) is 6.54 Å². The molecule has 96 valence electrons. The van der Waals surface area contributed by atoms with Gasteiger partial charge in [0.1, 0.15) is 5.75 Å². The van der Waals surface area contributed by atoms with Crippen LogP contribution in [0.25, 0.3) is 10.9 Å². The molecule has 3 heteroatoms. The molecule has 1 heterocycles. The Bertz CT molecular complexity index is 728. The summed E-state index contributed by atoms with van der Waals surface area (Å²) in [5.74, 6) is 0.302. The number of nitrogens with zero attached hydrogens (tertiary/aromatic N) is 1. The summed E-state index contributed by atoms with van der Waals surface area (Å²) >= 11 is 5.90. The number of hydrogen-bond donors (Lipinski definition) is 1. The first kappa shape index (κ1) is 12.1. The summed E-state index contributed by atoms with van der Waals surface area (Å²) in [5.41, 5.74) is 3.51. The first-order valence-electron chi connectivity index (χ1n) is 6.17. The SMILES string of the molecule is Cc1cc2cc(O)ccc2n1Cc1ccc(Cl)cc1. The summed E-state index contributed by atoms with van der Waals surface area (Å²) in [6, 6.07) is 15.4. The Hall–Kier alpha value is -1.93. The van der Waals surface area contributed by atoms with Crippen LogP contribution in [0.4, 0.5) is 0 Å². The minimum Gasteiger partial charge on any atom is -0.508 e. The average Bonchev–Trinajstić information content (AvgIpc) is 2.68. The largest absolute Gasteiger partial charge is 0.508 e. The molecule has 19 heavy (non-hydrogen) atoms. The maximum Gasteiger partial charge on any atom is 0.116 e. The molecule has 0 unspecified atom stereocenters. The highest BCUT2D eigenvalue weighted by molar-refractivity contribution is 6.30. The van der Waals surface area contributed by atoms with Crippen LogP contribution in [-0.4, -0.2) is 9.67 Å². The van der Waals surface area contributed by atoms with Crippen LogP contribution >= 0.6 is 11.6 Å². The molecule has 1 aromatic heterocycles. The highest BCUT2D eigenvalue weighted by Gasteiger charge is 2.06. The van der Waals surface area contributed by atoms with E-state index in [1.807, 2.05) is 30.3 Å². The molecule has 2 nitrogen and oxygen atoms in total. The zero-order valence-electron chi connectivity index (χ0n) is 10.6. The average molecular weight is 272 g/mol. The van der Waals surface area contributed by atoms with E-state index in [2.05, 4.69) is 17.6 Å². The molecule has 3 rings (SSSR count). The van der Waals surface area contributed by atoms with Gasteiger partial charge in [0.05, 0.1) is 0 Å². The van der Waals surface area contributed by atoms with E-state index in [1.165, 1.54) is 11.3 Å². The summed E-state index contributed by atoms with van der Waals surface area (Å²) in [6.45, 7) is 2.88. The zero-order valence-corrected chi connectivity index (χ0v) is 11.4. The molecule has 2 aromatic carbocycles. The predicted molar refractivity (Wildman–Crippen MR) is 78.9 cm³/mol. The van der Waals surface area contributed by atoms with Crippen molar-refractivity contribution in [3.8, 4) is 5.75 Å². The molecular formula is C16H14ClNO. The van der Waals surface area contributed by atoms with Crippen LogP contribution in [0, 0.1) is 6.92 Å². The van der Waals surface area contributed by atoms with Crippen LogP contribution in [0.5, 0.6) is 5.75 Å². The van der Waals surface area contributed by atoms with Gasteiger partial charge in [-0.05, 0) is 48.9 Å². The number of hydrogen-bond acceptors (Lipinski definition) is 1. The second-order valence-electron chi connectivity index (χ2n) is 4.74. The van der Waals surface area contributed by atoms with E-state index in [0.29, 0.717) is 5.75 Å². The van der Waals surface area contributed by atoms with Crippen LogP contribution in [0.2, 0.25) is 5.02 Å². The lowest BCUT2D eigenvalue weighted by atomic mass is 10.2. The van der Waals surface area contributed by atoms with Crippen molar-refractivity contribution in [2.45, 2.75) is 13.5 Å². The molecule has 0 aliphatic rings. The number of aryl methyl sites for hydroxylation is 1. The summed E-state index contributed by atoms with van der Waals surface area (Å²) in [4.78, 5) is 0. The van der Waals surface area contributed by atoms with Crippen molar-refractivity contribution >= 4 is 22.5 Å². The number of benzene rings is 2. The number of rotatable bonds is 2. The molecule has 0 fully saturated rings. The third-order valence-electron chi connectivity index (χ3n) is 3.35. The van der Waals surface area contributed by atoms with E-state index in [9.17, 15) is 5.11 Å². The molecular weight excluding hydrogens is 258 g/mol. The molecule has 0 aliphatic carbocycles. The van der Waals surface area contributed by atoms with E-state index in [0.717, 1.165) is 22.5 Å². The summed E-state index contributed by atoms with van der Waals surface area (Å²) < 4.78 is 2.23. The Labute approximate surface area is 116 Å². The van der Waals surface area contributed by atoms with Gasteiger partial charge < -0.3 is 9.67 Å². The lowest BCUT2D eigenvalue weighted by Crippen LogP contribution is -2.01. The van der Waals surface area contributed by atoms with Crippen molar-refractivity contribution in [2.75, 3.05) is 0 Å². The maximum absolute atomic E-state index is 9.53. The zero-order chi connectivity index (χ0) is 13.4. The molecule has 1 N–H and O–H groups in total. The van der Waals surface area contributed by atoms with Crippen LogP contribution in [0.3, 0.4) is 0 Å². The van der Waals surface area contributed by atoms with Gasteiger partial charge in [-0.1, -0.05) is 23.7 Å². The fourth-order valence-corrected chi connectivity index (χ4v) is 2.50. The smallest absolute Gasteiger partial charge is 0.116 e. The molecule has 0 spiro atoms. The Morgan fingerprint density at radius 2 is 1.79 bits per heavy atom. The van der Waals surface area contributed by atoms with Crippen LogP contribution in [0.1, 0.15) is 11.3 Å². The topological polar surface area (TPSA) is 25.2 Å². The van der Waals surface area contributed by atoms with Crippen molar-refractivity contribution in [3.05, 3.63) is 64.8 Å². The van der Waals surface area contributed by atoms with Crippen molar-refractivity contribution in [1.29, 1.82) is 0 Å². The fourth-order valence-electron chi connectivity index (χ4n) is 2.38. The first-order valence-corrected chi connectivity index (χ1v) is 6.54. The van der Waals surface area contributed by atoms with Crippen LogP contribution in [0.15, 0.2) is 48.5 Å². The Kier molecular flexibility index (Phi) is 2.96. The predicted octanol–water partition coefficient (Wildman–Crippen LogP) is 4.36. The van der Waals surface area contributed by atoms with E-state index >= 15 is 0 Å². The van der Waals surface area contributed by atoms with Gasteiger partial charge in [0.15, 0.2) is 0 Å². The normalized spacial score (nSPS) is 11.1. The van der Waals surface area contributed by atoms with Crippen molar-refractivity contribution in [2.24, 2.45) is 0 Å². The molecule has 0 atom stereocenters. The van der Waals surface area contributed by atoms with Crippen molar-refractivity contribution in [1.82, 2.24) is 4.57 Å². The Balaban J connectivity index is 2.05. The lowest BCUT2D eigenvalue weighted by Gasteiger charge is -2.08. The van der Waals surface area contributed by atoms with Gasteiger partial charge in [-0.15, -0.1) is 0 Å². The molecule has 0 amide bonds. The lowest BCUT2D eigenvalue weighted by molar-refractivity contribution is 0.476. The van der Waals surface area contributed by atoms with E-state index < -0.39 is 0 Å². The monoisotopic (exact) mass is 271 g/mol. The number of halogens is 1. The standard InChI is InChI=1S/C16H14ClNO/c1-11-8-13-9-15(19)6-7-16(13)18(11)10-12-2-4-14(17)5-3-12/h2-9,19H,10H2,1H3. The van der Waals surface area contributed by atoms with E-state index in [1.54, 1.807) is 12.1 Å². The van der Waals surface area contributed by atoms with Gasteiger partial charge >= 0.3 is 0 Å².